The fourth-order valence-corrected chi connectivity index (χ4v) is 1.82. The van der Waals surface area contributed by atoms with Gasteiger partial charge in [-0.2, -0.15) is 0 Å². The smallest absolute Gasteiger partial charge is 0.145 e. The maximum absolute atomic E-state index is 5.90. The Bertz CT molecular complexity index is 579. The highest BCUT2D eigenvalue weighted by Crippen LogP contribution is 2.32. The highest BCUT2D eigenvalue weighted by Gasteiger charge is 2.06. The minimum atomic E-state index is 0.580. The van der Waals surface area contributed by atoms with Gasteiger partial charge >= 0.3 is 0 Å². The van der Waals surface area contributed by atoms with Crippen LogP contribution in [0.4, 0.5) is 5.69 Å². The van der Waals surface area contributed by atoms with E-state index in [9.17, 15) is 0 Å². The monoisotopic (exact) mass is 257 g/mol. The Kier molecular flexibility index (Phi) is 3.95. The van der Waals surface area contributed by atoms with E-state index in [-0.39, 0.29) is 0 Å². The largest absolute Gasteiger partial charge is 0.492 e. The maximum atomic E-state index is 5.90. The molecule has 0 atom stereocenters. The van der Waals surface area contributed by atoms with Gasteiger partial charge in [0, 0.05) is 6.07 Å². The highest BCUT2D eigenvalue weighted by atomic mass is 16.5. The van der Waals surface area contributed by atoms with Gasteiger partial charge < -0.3 is 15.2 Å². The van der Waals surface area contributed by atoms with Gasteiger partial charge in [-0.05, 0) is 50.1 Å². The SMILES string of the molecule is CCOc1cc(Oc2cccc(C)c2C)ccc1N. The molecule has 0 fully saturated rings. The van der Waals surface area contributed by atoms with Crippen LogP contribution in [-0.4, -0.2) is 6.61 Å². The molecule has 0 aliphatic rings. The first-order chi connectivity index (χ1) is 9.11. The number of hydrogen-bond acceptors (Lipinski definition) is 3. The zero-order chi connectivity index (χ0) is 13.8. The molecule has 0 spiro atoms. The lowest BCUT2D eigenvalue weighted by atomic mass is 10.1. The summed E-state index contributed by atoms with van der Waals surface area (Å²) in [6.45, 7) is 6.62. The standard InChI is InChI=1S/C16H19NO2/c1-4-18-16-10-13(8-9-14(16)17)19-15-7-5-6-11(2)12(15)3/h5-10H,4,17H2,1-3H3. The lowest BCUT2D eigenvalue weighted by Gasteiger charge is -2.12. The number of aryl methyl sites for hydroxylation is 1. The molecule has 0 bridgehead atoms. The predicted molar refractivity (Wildman–Crippen MR) is 78.0 cm³/mol. The second-order valence-corrected chi connectivity index (χ2v) is 4.43. The molecular formula is C16H19NO2. The van der Waals surface area contributed by atoms with Gasteiger partial charge in [0.15, 0.2) is 0 Å². The van der Waals surface area contributed by atoms with Gasteiger partial charge in [0.05, 0.1) is 12.3 Å². The molecule has 3 nitrogen and oxygen atoms in total. The third kappa shape index (κ3) is 2.99. The van der Waals surface area contributed by atoms with Crippen molar-refractivity contribution in [1.82, 2.24) is 0 Å². The summed E-state index contributed by atoms with van der Waals surface area (Å²) in [6, 6.07) is 11.5. The van der Waals surface area contributed by atoms with Gasteiger partial charge in [-0.3, -0.25) is 0 Å². The van der Waals surface area contributed by atoms with Gasteiger partial charge in [0.25, 0.3) is 0 Å². The van der Waals surface area contributed by atoms with Crippen LogP contribution in [0, 0.1) is 13.8 Å². The number of ether oxygens (including phenoxy) is 2. The number of anilines is 1. The Balaban J connectivity index is 2.28. The van der Waals surface area contributed by atoms with Crippen molar-refractivity contribution in [1.29, 1.82) is 0 Å². The van der Waals surface area contributed by atoms with E-state index in [0.717, 1.165) is 17.1 Å². The molecule has 0 radical (unpaired) electrons. The van der Waals surface area contributed by atoms with Crippen molar-refractivity contribution in [3.63, 3.8) is 0 Å². The average molecular weight is 257 g/mol. The van der Waals surface area contributed by atoms with Crippen LogP contribution in [0.5, 0.6) is 17.2 Å². The van der Waals surface area contributed by atoms with Crippen LogP contribution >= 0.6 is 0 Å². The number of nitrogens with two attached hydrogens (primary N) is 1. The summed E-state index contributed by atoms with van der Waals surface area (Å²) in [5.74, 6) is 2.24. The Morgan fingerprint density at radius 2 is 1.84 bits per heavy atom. The molecule has 0 aromatic heterocycles. The topological polar surface area (TPSA) is 44.5 Å². The van der Waals surface area contributed by atoms with Gasteiger partial charge in [-0.15, -0.1) is 0 Å². The van der Waals surface area contributed by atoms with Crippen molar-refractivity contribution >= 4 is 5.69 Å². The van der Waals surface area contributed by atoms with Crippen LogP contribution < -0.4 is 15.2 Å². The number of nitrogen functional groups attached to an aromatic ring is 1. The van der Waals surface area contributed by atoms with E-state index >= 15 is 0 Å². The van der Waals surface area contributed by atoms with Crippen LogP contribution in [0.1, 0.15) is 18.1 Å². The van der Waals surface area contributed by atoms with E-state index in [1.54, 1.807) is 6.07 Å². The Morgan fingerprint density at radius 3 is 2.58 bits per heavy atom. The lowest BCUT2D eigenvalue weighted by Crippen LogP contribution is -1.97. The first kappa shape index (κ1) is 13.3. The average Bonchev–Trinajstić information content (AvgIpc) is 2.39. The van der Waals surface area contributed by atoms with Crippen LogP contribution in [0.15, 0.2) is 36.4 Å². The van der Waals surface area contributed by atoms with Crippen LogP contribution in [0.25, 0.3) is 0 Å². The predicted octanol–water partition coefficient (Wildman–Crippen LogP) is 4.08. The molecular weight excluding hydrogens is 238 g/mol. The molecule has 0 unspecified atom stereocenters. The van der Waals surface area contributed by atoms with Crippen molar-refractivity contribution in [2.75, 3.05) is 12.3 Å². The molecule has 2 aromatic carbocycles. The van der Waals surface area contributed by atoms with Gasteiger partial charge in [0.2, 0.25) is 0 Å². The van der Waals surface area contributed by atoms with Crippen LogP contribution in [0.2, 0.25) is 0 Å². The molecule has 0 aliphatic carbocycles. The zero-order valence-corrected chi connectivity index (χ0v) is 11.6. The molecule has 0 saturated carbocycles. The zero-order valence-electron chi connectivity index (χ0n) is 11.6. The molecule has 0 saturated heterocycles. The molecule has 0 heterocycles. The summed E-state index contributed by atoms with van der Waals surface area (Å²) in [5, 5.41) is 0. The van der Waals surface area contributed by atoms with E-state index in [1.807, 2.05) is 38.1 Å². The number of rotatable bonds is 4. The molecule has 3 heteroatoms. The van der Waals surface area contributed by atoms with E-state index in [4.69, 9.17) is 15.2 Å². The summed E-state index contributed by atoms with van der Waals surface area (Å²) in [7, 11) is 0. The molecule has 2 N–H and O–H groups in total. The number of benzene rings is 2. The summed E-state index contributed by atoms with van der Waals surface area (Å²) in [4.78, 5) is 0. The second-order valence-electron chi connectivity index (χ2n) is 4.43. The minimum absolute atomic E-state index is 0.580. The summed E-state index contributed by atoms with van der Waals surface area (Å²) < 4.78 is 11.4. The highest BCUT2D eigenvalue weighted by molar-refractivity contribution is 5.56. The maximum Gasteiger partial charge on any atom is 0.145 e. The molecule has 0 aliphatic heterocycles. The summed E-state index contributed by atoms with van der Waals surface area (Å²) >= 11 is 0. The summed E-state index contributed by atoms with van der Waals surface area (Å²) in [6.07, 6.45) is 0. The van der Waals surface area contributed by atoms with Crippen LogP contribution in [0.3, 0.4) is 0 Å². The minimum Gasteiger partial charge on any atom is -0.492 e. The third-order valence-electron chi connectivity index (χ3n) is 3.07. The fraction of sp³-hybridized carbons (Fsp3) is 0.250. The van der Waals surface area contributed by atoms with Gasteiger partial charge in [0.1, 0.15) is 17.2 Å². The quantitative estimate of drug-likeness (QED) is 0.839. The molecule has 19 heavy (non-hydrogen) atoms. The van der Waals surface area contributed by atoms with E-state index in [2.05, 4.69) is 13.0 Å². The van der Waals surface area contributed by atoms with Gasteiger partial charge in [-0.1, -0.05) is 12.1 Å². The number of hydrogen-bond donors (Lipinski definition) is 1. The molecule has 2 aromatic rings. The first-order valence-corrected chi connectivity index (χ1v) is 6.38. The third-order valence-corrected chi connectivity index (χ3v) is 3.07. The Labute approximate surface area is 114 Å². The van der Waals surface area contributed by atoms with E-state index < -0.39 is 0 Å². The molecule has 0 amide bonds. The molecule has 100 valence electrons. The van der Waals surface area contributed by atoms with Crippen molar-refractivity contribution in [2.45, 2.75) is 20.8 Å². The second kappa shape index (κ2) is 5.65. The van der Waals surface area contributed by atoms with E-state index in [0.29, 0.717) is 18.0 Å². The van der Waals surface area contributed by atoms with Crippen molar-refractivity contribution in [3.8, 4) is 17.2 Å². The van der Waals surface area contributed by atoms with Crippen molar-refractivity contribution in [3.05, 3.63) is 47.5 Å². The molecule has 2 rings (SSSR count). The van der Waals surface area contributed by atoms with Crippen molar-refractivity contribution < 1.29 is 9.47 Å². The lowest BCUT2D eigenvalue weighted by molar-refractivity contribution is 0.340. The van der Waals surface area contributed by atoms with Crippen molar-refractivity contribution in [2.24, 2.45) is 0 Å². The Morgan fingerprint density at radius 1 is 1.05 bits per heavy atom. The van der Waals surface area contributed by atoms with Gasteiger partial charge in [-0.25, -0.2) is 0 Å². The Hall–Kier alpha value is -2.16. The first-order valence-electron chi connectivity index (χ1n) is 6.38. The van der Waals surface area contributed by atoms with Crippen LogP contribution in [-0.2, 0) is 0 Å². The summed E-state index contributed by atoms with van der Waals surface area (Å²) in [5.41, 5.74) is 8.81. The van der Waals surface area contributed by atoms with E-state index in [1.165, 1.54) is 5.56 Å². The normalized spacial score (nSPS) is 10.3. The fourth-order valence-electron chi connectivity index (χ4n) is 1.82.